The largest absolute Gasteiger partial charge is 0.481 e. The fraction of sp³-hybridized carbons (Fsp3) is 0.421. The van der Waals surface area contributed by atoms with Crippen LogP contribution in [0.1, 0.15) is 42.1 Å². The first-order chi connectivity index (χ1) is 12.4. The van der Waals surface area contributed by atoms with Crippen LogP contribution in [0.2, 0.25) is 0 Å². The number of anilines is 2. The number of hydrogen-bond acceptors (Lipinski definition) is 6. The smallest absolute Gasteiger partial charge is 0.307 e. The van der Waals surface area contributed by atoms with E-state index < -0.39 is 5.97 Å². The number of nitrogen functional groups attached to an aromatic ring is 1. The third-order valence-corrected chi connectivity index (χ3v) is 4.17. The van der Waals surface area contributed by atoms with Gasteiger partial charge in [-0.15, -0.1) is 0 Å². The Kier molecular flexibility index (Phi) is 6.91. The summed E-state index contributed by atoms with van der Waals surface area (Å²) in [6.07, 6.45) is 2.17. The van der Waals surface area contributed by atoms with E-state index in [0.717, 1.165) is 28.8 Å². The minimum Gasteiger partial charge on any atom is -0.481 e. The normalized spacial score (nSPS) is 12.0. The van der Waals surface area contributed by atoms with Gasteiger partial charge in [-0.25, -0.2) is 4.98 Å². The first kappa shape index (κ1) is 19.7. The molecular weight excluding hydrogens is 332 g/mol. The molecule has 0 spiro atoms. The Labute approximate surface area is 153 Å². The molecular formula is C19H26N4O3. The lowest BCUT2D eigenvalue weighted by Crippen LogP contribution is -2.19. The van der Waals surface area contributed by atoms with Crippen molar-refractivity contribution in [1.82, 2.24) is 9.97 Å². The number of nitrogens with two attached hydrogens (primary N) is 1. The number of aliphatic carboxylic acids is 1. The molecule has 7 heteroatoms. The number of rotatable bonds is 9. The second-order valence-electron chi connectivity index (χ2n) is 6.47. The molecule has 0 aliphatic carbocycles. The number of nitrogens with zero attached hydrogens (tertiary/aromatic N) is 2. The van der Waals surface area contributed by atoms with Gasteiger partial charge in [0.25, 0.3) is 0 Å². The van der Waals surface area contributed by atoms with E-state index in [1.807, 2.05) is 38.1 Å². The molecule has 1 atom stereocenters. The SMILES string of the molecule is Cc1nc(N)nc(N[C@@H](C)CCCO)c1Cc1ccc(CC(=O)O)cc1. The molecule has 26 heavy (non-hydrogen) atoms. The van der Waals surface area contributed by atoms with Crippen LogP contribution in [0.25, 0.3) is 0 Å². The summed E-state index contributed by atoms with van der Waals surface area (Å²) in [5.74, 6) is 0.0823. The van der Waals surface area contributed by atoms with Crippen molar-refractivity contribution >= 4 is 17.7 Å². The fourth-order valence-electron chi connectivity index (χ4n) is 2.81. The Morgan fingerprint density at radius 3 is 2.50 bits per heavy atom. The molecule has 1 aromatic heterocycles. The zero-order chi connectivity index (χ0) is 19.1. The van der Waals surface area contributed by atoms with Gasteiger partial charge < -0.3 is 21.3 Å². The molecule has 0 aliphatic rings. The van der Waals surface area contributed by atoms with Gasteiger partial charge in [-0.1, -0.05) is 24.3 Å². The van der Waals surface area contributed by atoms with E-state index in [-0.39, 0.29) is 25.0 Å². The third-order valence-electron chi connectivity index (χ3n) is 4.17. The van der Waals surface area contributed by atoms with E-state index in [4.69, 9.17) is 15.9 Å². The van der Waals surface area contributed by atoms with Gasteiger partial charge in [-0.2, -0.15) is 4.98 Å². The van der Waals surface area contributed by atoms with E-state index in [1.165, 1.54) is 0 Å². The van der Waals surface area contributed by atoms with Crippen LogP contribution in [-0.4, -0.2) is 38.8 Å². The van der Waals surface area contributed by atoms with Gasteiger partial charge in [0.1, 0.15) is 5.82 Å². The highest BCUT2D eigenvalue weighted by Gasteiger charge is 2.14. The molecule has 7 nitrogen and oxygen atoms in total. The van der Waals surface area contributed by atoms with Gasteiger partial charge in [0, 0.05) is 30.3 Å². The Bertz CT molecular complexity index is 747. The Morgan fingerprint density at radius 1 is 1.23 bits per heavy atom. The minimum absolute atomic E-state index is 0.0134. The summed E-state index contributed by atoms with van der Waals surface area (Å²) in [6, 6.07) is 7.65. The van der Waals surface area contributed by atoms with Crippen molar-refractivity contribution in [1.29, 1.82) is 0 Å². The van der Waals surface area contributed by atoms with E-state index in [1.54, 1.807) is 0 Å². The highest BCUT2D eigenvalue weighted by atomic mass is 16.4. The van der Waals surface area contributed by atoms with Crippen molar-refractivity contribution in [3.63, 3.8) is 0 Å². The number of carboxylic acid groups (broad SMARTS) is 1. The molecule has 0 aliphatic heterocycles. The van der Waals surface area contributed by atoms with Crippen molar-refractivity contribution in [3.05, 3.63) is 46.6 Å². The van der Waals surface area contributed by atoms with Gasteiger partial charge >= 0.3 is 5.97 Å². The van der Waals surface area contributed by atoms with Gasteiger partial charge in [-0.05, 0) is 37.8 Å². The van der Waals surface area contributed by atoms with Crippen LogP contribution in [0.3, 0.4) is 0 Å². The van der Waals surface area contributed by atoms with Crippen LogP contribution in [0.15, 0.2) is 24.3 Å². The van der Waals surface area contributed by atoms with Crippen molar-refractivity contribution in [3.8, 4) is 0 Å². The molecule has 0 amide bonds. The molecule has 0 unspecified atom stereocenters. The fourth-order valence-corrected chi connectivity index (χ4v) is 2.81. The van der Waals surface area contributed by atoms with Gasteiger partial charge in [-0.3, -0.25) is 4.79 Å². The number of carbonyl (C=O) groups is 1. The number of aryl methyl sites for hydroxylation is 1. The summed E-state index contributed by atoms with van der Waals surface area (Å²) >= 11 is 0. The van der Waals surface area contributed by atoms with E-state index in [9.17, 15) is 4.79 Å². The zero-order valence-corrected chi connectivity index (χ0v) is 15.2. The van der Waals surface area contributed by atoms with Crippen LogP contribution >= 0.6 is 0 Å². The quantitative estimate of drug-likeness (QED) is 0.542. The number of carboxylic acids is 1. The van der Waals surface area contributed by atoms with Crippen LogP contribution in [0, 0.1) is 6.92 Å². The molecule has 2 rings (SSSR count). The summed E-state index contributed by atoms with van der Waals surface area (Å²) in [5.41, 5.74) is 9.38. The topological polar surface area (TPSA) is 121 Å². The molecule has 140 valence electrons. The number of aliphatic hydroxyl groups is 1. The molecule has 0 bridgehead atoms. The maximum atomic E-state index is 10.8. The molecule has 1 heterocycles. The predicted molar refractivity (Wildman–Crippen MR) is 101 cm³/mol. The molecule has 0 saturated heterocycles. The number of aromatic nitrogens is 2. The summed E-state index contributed by atoms with van der Waals surface area (Å²) in [6.45, 7) is 4.09. The number of hydrogen-bond donors (Lipinski definition) is 4. The van der Waals surface area contributed by atoms with E-state index in [2.05, 4.69) is 15.3 Å². The number of nitrogens with one attached hydrogen (secondary N) is 1. The monoisotopic (exact) mass is 358 g/mol. The van der Waals surface area contributed by atoms with Gasteiger partial charge in [0.05, 0.1) is 6.42 Å². The highest BCUT2D eigenvalue weighted by molar-refractivity contribution is 5.70. The molecule has 0 fully saturated rings. The molecule has 2 aromatic rings. The Hall–Kier alpha value is -2.67. The maximum Gasteiger partial charge on any atom is 0.307 e. The average molecular weight is 358 g/mol. The summed E-state index contributed by atoms with van der Waals surface area (Å²) in [5, 5.41) is 21.2. The van der Waals surface area contributed by atoms with E-state index >= 15 is 0 Å². The van der Waals surface area contributed by atoms with Crippen LogP contribution in [0.5, 0.6) is 0 Å². The van der Waals surface area contributed by atoms with Crippen molar-refractivity contribution < 1.29 is 15.0 Å². The lowest BCUT2D eigenvalue weighted by molar-refractivity contribution is -0.136. The number of benzene rings is 1. The number of aliphatic hydroxyl groups excluding tert-OH is 1. The Morgan fingerprint density at radius 2 is 1.88 bits per heavy atom. The highest BCUT2D eigenvalue weighted by Crippen LogP contribution is 2.23. The van der Waals surface area contributed by atoms with E-state index in [0.29, 0.717) is 18.7 Å². The lowest BCUT2D eigenvalue weighted by Gasteiger charge is -2.18. The second kappa shape index (κ2) is 9.15. The molecule has 5 N–H and O–H groups in total. The van der Waals surface area contributed by atoms with Crippen molar-refractivity contribution in [2.24, 2.45) is 0 Å². The standard InChI is InChI=1S/C19H26N4O3/c1-12(4-3-9-24)21-18-16(13(2)22-19(20)23-18)10-14-5-7-15(8-6-14)11-17(25)26/h5-8,12,24H,3-4,9-11H2,1-2H3,(H,25,26)(H3,20,21,22,23)/t12-/m0/s1. The van der Waals surface area contributed by atoms with Crippen LogP contribution in [0.4, 0.5) is 11.8 Å². The molecule has 0 radical (unpaired) electrons. The summed E-state index contributed by atoms with van der Waals surface area (Å²) < 4.78 is 0. The Balaban J connectivity index is 2.20. The summed E-state index contributed by atoms with van der Waals surface area (Å²) in [7, 11) is 0. The second-order valence-corrected chi connectivity index (χ2v) is 6.47. The first-order valence-corrected chi connectivity index (χ1v) is 8.69. The molecule has 0 saturated carbocycles. The lowest BCUT2D eigenvalue weighted by atomic mass is 10.0. The van der Waals surface area contributed by atoms with Crippen molar-refractivity contribution in [2.45, 2.75) is 45.6 Å². The maximum absolute atomic E-state index is 10.8. The van der Waals surface area contributed by atoms with Crippen LogP contribution in [-0.2, 0) is 17.6 Å². The third kappa shape index (κ3) is 5.70. The first-order valence-electron chi connectivity index (χ1n) is 8.69. The summed E-state index contributed by atoms with van der Waals surface area (Å²) in [4.78, 5) is 19.4. The predicted octanol–water partition coefficient (Wildman–Crippen LogP) is 2.16. The minimum atomic E-state index is -0.844. The van der Waals surface area contributed by atoms with Gasteiger partial charge in [0.15, 0.2) is 0 Å². The van der Waals surface area contributed by atoms with Crippen molar-refractivity contribution in [2.75, 3.05) is 17.7 Å². The van der Waals surface area contributed by atoms with Crippen LogP contribution < -0.4 is 11.1 Å². The molecule has 1 aromatic carbocycles. The zero-order valence-electron chi connectivity index (χ0n) is 15.2. The average Bonchev–Trinajstić information content (AvgIpc) is 2.57. The van der Waals surface area contributed by atoms with Gasteiger partial charge in [0.2, 0.25) is 5.95 Å².